The molecule has 0 unspecified atom stereocenters. The number of anilines is 1. The number of pyridine rings is 1. The molecule has 0 saturated carbocycles. The maximum absolute atomic E-state index is 13.3. The van der Waals surface area contributed by atoms with Crippen molar-refractivity contribution in [2.75, 3.05) is 31.5 Å². The zero-order valence-electron chi connectivity index (χ0n) is 10.4. The van der Waals surface area contributed by atoms with Gasteiger partial charge in [-0.05, 0) is 38.9 Å². The van der Waals surface area contributed by atoms with E-state index in [2.05, 4.69) is 15.2 Å². The van der Waals surface area contributed by atoms with E-state index in [1.807, 2.05) is 0 Å². The van der Waals surface area contributed by atoms with Crippen LogP contribution in [0.15, 0.2) is 0 Å². The van der Waals surface area contributed by atoms with Crippen LogP contribution in [0.5, 0.6) is 0 Å². The second kappa shape index (κ2) is 6.18. The van der Waals surface area contributed by atoms with Gasteiger partial charge in [0.2, 0.25) is 11.6 Å². The lowest BCUT2D eigenvalue weighted by atomic mass is 10.3. The monoisotopic (exact) mass is 277 g/mol. The molecule has 2 heterocycles. The van der Waals surface area contributed by atoms with Gasteiger partial charge in [0.1, 0.15) is 5.69 Å². The van der Waals surface area contributed by atoms with Gasteiger partial charge in [0, 0.05) is 6.54 Å². The van der Waals surface area contributed by atoms with Crippen molar-refractivity contribution in [2.24, 2.45) is 0 Å². The molecule has 0 bridgehead atoms. The maximum Gasteiger partial charge on any atom is 0.253 e. The van der Waals surface area contributed by atoms with E-state index in [0.29, 0.717) is 6.42 Å². The highest BCUT2D eigenvalue weighted by atomic mass is 19.2. The van der Waals surface area contributed by atoms with Crippen LogP contribution in [0.1, 0.15) is 19.3 Å². The molecule has 0 aliphatic carbocycles. The van der Waals surface area contributed by atoms with Gasteiger partial charge in [-0.3, -0.25) is 0 Å². The second-order valence-corrected chi connectivity index (χ2v) is 4.53. The van der Waals surface area contributed by atoms with Crippen molar-refractivity contribution in [3.05, 3.63) is 23.5 Å². The molecule has 1 aromatic heterocycles. The summed E-state index contributed by atoms with van der Waals surface area (Å²) in [6.45, 7) is 3.10. The first-order valence-electron chi connectivity index (χ1n) is 6.26. The smallest absolute Gasteiger partial charge is 0.253 e. The lowest BCUT2D eigenvalue weighted by molar-refractivity contribution is 0.337. The van der Waals surface area contributed by atoms with Gasteiger partial charge in [-0.2, -0.15) is 22.5 Å². The van der Waals surface area contributed by atoms with E-state index < -0.39 is 29.2 Å². The lowest BCUT2D eigenvalue weighted by Crippen LogP contribution is -2.22. The van der Waals surface area contributed by atoms with E-state index in [0.717, 1.165) is 32.5 Å². The first-order chi connectivity index (χ1) is 9.09. The van der Waals surface area contributed by atoms with Crippen LogP contribution in [-0.4, -0.2) is 36.1 Å². The molecule has 7 heteroatoms. The maximum atomic E-state index is 13.3. The molecule has 19 heavy (non-hydrogen) atoms. The van der Waals surface area contributed by atoms with E-state index in [1.165, 1.54) is 0 Å². The number of nitrogens with one attached hydrogen (secondary N) is 1. The minimum atomic E-state index is -1.64. The highest BCUT2D eigenvalue weighted by molar-refractivity contribution is 5.45. The van der Waals surface area contributed by atoms with Crippen LogP contribution in [-0.2, 0) is 0 Å². The summed E-state index contributed by atoms with van der Waals surface area (Å²) in [5.41, 5.74) is -0.786. The zero-order chi connectivity index (χ0) is 13.8. The van der Waals surface area contributed by atoms with Crippen molar-refractivity contribution in [1.82, 2.24) is 9.88 Å². The molecule has 1 aliphatic rings. The molecule has 0 amide bonds. The van der Waals surface area contributed by atoms with Crippen LogP contribution in [0.3, 0.4) is 0 Å². The SMILES string of the molecule is Fc1nc(F)c(F)c(NCCCN2CCCC2)c1F. The number of nitrogens with zero attached hydrogens (tertiary/aromatic N) is 2. The summed E-state index contributed by atoms with van der Waals surface area (Å²) in [7, 11) is 0. The number of hydrogen-bond donors (Lipinski definition) is 1. The Balaban J connectivity index is 1.88. The minimum Gasteiger partial charge on any atom is -0.380 e. The van der Waals surface area contributed by atoms with Crippen LogP contribution >= 0.6 is 0 Å². The van der Waals surface area contributed by atoms with Gasteiger partial charge in [0.05, 0.1) is 0 Å². The quantitative estimate of drug-likeness (QED) is 0.509. The van der Waals surface area contributed by atoms with Gasteiger partial charge in [0.25, 0.3) is 11.9 Å². The van der Waals surface area contributed by atoms with Gasteiger partial charge in [-0.1, -0.05) is 0 Å². The molecule has 1 aliphatic heterocycles. The summed E-state index contributed by atoms with van der Waals surface area (Å²) < 4.78 is 52.2. The normalized spacial score (nSPS) is 16.0. The molecular weight excluding hydrogens is 262 g/mol. The molecule has 1 N–H and O–H groups in total. The Hall–Kier alpha value is -1.37. The van der Waals surface area contributed by atoms with E-state index >= 15 is 0 Å². The van der Waals surface area contributed by atoms with Gasteiger partial charge in [-0.25, -0.2) is 0 Å². The van der Waals surface area contributed by atoms with Gasteiger partial charge in [-0.15, -0.1) is 0 Å². The third-order valence-corrected chi connectivity index (χ3v) is 3.15. The zero-order valence-corrected chi connectivity index (χ0v) is 10.4. The Morgan fingerprint density at radius 1 is 1.00 bits per heavy atom. The number of halogens is 4. The average Bonchev–Trinajstić information content (AvgIpc) is 2.89. The summed E-state index contributed by atoms with van der Waals surface area (Å²) in [5.74, 6) is -6.25. The van der Waals surface area contributed by atoms with Crippen molar-refractivity contribution in [2.45, 2.75) is 19.3 Å². The fourth-order valence-electron chi connectivity index (χ4n) is 2.16. The Bertz CT molecular complexity index is 421. The standard InChI is InChI=1S/C12H15F4N3/c13-8-10(9(14)12(16)18-11(8)15)17-4-3-7-19-5-1-2-6-19/h1-7H2,(H,17,18). The van der Waals surface area contributed by atoms with E-state index in [1.54, 1.807) is 0 Å². The highest BCUT2D eigenvalue weighted by Gasteiger charge is 2.20. The van der Waals surface area contributed by atoms with E-state index in [9.17, 15) is 17.6 Å². The number of likely N-dealkylation sites (tertiary alicyclic amines) is 1. The molecule has 1 fully saturated rings. The summed E-state index contributed by atoms with van der Waals surface area (Å²) in [6.07, 6.45) is 2.97. The Kier molecular flexibility index (Phi) is 4.57. The summed E-state index contributed by atoms with van der Waals surface area (Å²) in [6, 6.07) is 0. The Morgan fingerprint density at radius 2 is 1.58 bits per heavy atom. The van der Waals surface area contributed by atoms with Gasteiger partial charge in [0.15, 0.2) is 0 Å². The molecule has 106 valence electrons. The van der Waals surface area contributed by atoms with Crippen molar-refractivity contribution < 1.29 is 17.6 Å². The van der Waals surface area contributed by atoms with E-state index in [4.69, 9.17) is 0 Å². The molecule has 2 rings (SSSR count). The van der Waals surface area contributed by atoms with Crippen LogP contribution in [0.4, 0.5) is 23.2 Å². The first-order valence-corrected chi connectivity index (χ1v) is 6.26. The van der Waals surface area contributed by atoms with E-state index in [-0.39, 0.29) is 6.54 Å². The van der Waals surface area contributed by atoms with Crippen LogP contribution < -0.4 is 5.32 Å². The Morgan fingerprint density at radius 3 is 2.16 bits per heavy atom. The van der Waals surface area contributed by atoms with Crippen LogP contribution in [0, 0.1) is 23.5 Å². The second-order valence-electron chi connectivity index (χ2n) is 4.53. The number of hydrogen-bond acceptors (Lipinski definition) is 3. The molecular formula is C12H15F4N3. The predicted molar refractivity (Wildman–Crippen MR) is 62.8 cm³/mol. The van der Waals surface area contributed by atoms with Crippen LogP contribution in [0.25, 0.3) is 0 Å². The third-order valence-electron chi connectivity index (χ3n) is 3.15. The highest BCUT2D eigenvalue weighted by Crippen LogP contribution is 2.21. The molecule has 0 aromatic carbocycles. The van der Waals surface area contributed by atoms with Crippen molar-refractivity contribution in [3.8, 4) is 0 Å². The lowest BCUT2D eigenvalue weighted by Gasteiger charge is -2.15. The van der Waals surface area contributed by atoms with Crippen molar-refractivity contribution in [1.29, 1.82) is 0 Å². The molecule has 1 aromatic rings. The number of aromatic nitrogens is 1. The molecule has 0 atom stereocenters. The first kappa shape index (κ1) is 14.0. The van der Waals surface area contributed by atoms with Gasteiger partial charge < -0.3 is 10.2 Å². The fourth-order valence-corrected chi connectivity index (χ4v) is 2.16. The molecule has 1 saturated heterocycles. The summed E-state index contributed by atoms with van der Waals surface area (Å²) in [4.78, 5) is 4.73. The molecule has 0 spiro atoms. The summed E-state index contributed by atoms with van der Waals surface area (Å²) >= 11 is 0. The van der Waals surface area contributed by atoms with Crippen molar-refractivity contribution in [3.63, 3.8) is 0 Å². The average molecular weight is 277 g/mol. The molecule has 0 radical (unpaired) electrons. The summed E-state index contributed by atoms with van der Waals surface area (Å²) in [5, 5.41) is 2.39. The third kappa shape index (κ3) is 3.34. The topological polar surface area (TPSA) is 28.2 Å². The minimum absolute atomic E-state index is 0.243. The predicted octanol–water partition coefficient (Wildman–Crippen LogP) is 2.54. The van der Waals surface area contributed by atoms with Gasteiger partial charge >= 0.3 is 0 Å². The Labute approximate surface area is 108 Å². The van der Waals surface area contributed by atoms with Crippen LogP contribution in [0.2, 0.25) is 0 Å². The van der Waals surface area contributed by atoms with Crippen molar-refractivity contribution >= 4 is 5.69 Å². The number of rotatable bonds is 5. The largest absolute Gasteiger partial charge is 0.380 e. The fraction of sp³-hybridized carbons (Fsp3) is 0.583. The molecule has 3 nitrogen and oxygen atoms in total.